The molecule has 1 aromatic heterocycles. The highest BCUT2D eigenvalue weighted by atomic mass is 15.5. The number of rotatable bonds is 4. The third-order valence-electron chi connectivity index (χ3n) is 5.16. The minimum atomic E-state index is -0.664. The quantitative estimate of drug-likeness (QED) is 0.408. The lowest BCUT2D eigenvalue weighted by atomic mass is 9.77. The van der Waals surface area contributed by atoms with Gasteiger partial charge in [-0.2, -0.15) is 15.0 Å². The van der Waals surface area contributed by atoms with Crippen LogP contribution in [0.4, 0.5) is 0 Å². The van der Waals surface area contributed by atoms with Crippen molar-refractivity contribution in [3.8, 4) is 0 Å². The summed E-state index contributed by atoms with van der Waals surface area (Å²) in [6, 6.07) is 39.4. The molecule has 3 nitrogen and oxygen atoms in total. The van der Waals surface area contributed by atoms with E-state index in [0.29, 0.717) is 0 Å². The fraction of sp³-hybridized carbons (Fsp3) is 0.0400. The molecule has 5 rings (SSSR count). The number of aromatic nitrogens is 3. The molecule has 0 aliphatic rings. The van der Waals surface area contributed by atoms with E-state index in [1.54, 1.807) is 0 Å². The second-order valence-corrected chi connectivity index (χ2v) is 6.79. The average molecular weight is 361 g/mol. The summed E-state index contributed by atoms with van der Waals surface area (Å²) in [5.41, 5.74) is 4.46. The first-order chi connectivity index (χ1) is 13.9. The van der Waals surface area contributed by atoms with Gasteiger partial charge in [0, 0.05) is 0 Å². The van der Waals surface area contributed by atoms with Crippen LogP contribution >= 0.6 is 0 Å². The van der Waals surface area contributed by atoms with Crippen LogP contribution in [0.2, 0.25) is 0 Å². The van der Waals surface area contributed by atoms with Gasteiger partial charge in [-0.25, -0.2) is 0 Å². The molecule has 5 aromatic rings. The molecule has 28 heavy (non-hydrogen) atoms. The van der Waals surface area contributed by atoms with E-state index in [1.165, 1.54) is 0 Å². The standard InChI is InChI=1S/C25H19N3/c1-4-12-20(13-5-1)25(21-14-6-2-7-15-21,22-16-8-3-9-17-22)28-26-23-18-10-11-19-24(23)27-28/h1-19H. The Hall–Kier alpha value is -3.72. The molecule has 0 bridgehead atoms. The Kier molecular flexibility index (Phi) is 3.99. The SMILES string of the molecule is c1ccc(C(c2ccccc2)(c2ccccc2)n2nc3ccccc3n2)cc1. The Morgan fingerprint density at radius 3 is 1.11 bits per heavy atom. The topological polar surface area (TPSA) is 30.7 Å². The van der Waals surface area contributed by atoms with E-state index in [1.807, 2.05) is 47.3 Å². The normalized spacial score (nSPS) is 11.6. The van der Waals surface area contributed by atoms with Crippen LogP contribution in [0.25, 0.3) is 11.0 Å². The first-order valence-electron chi connectivity index (χ1n) is 9.38. The molecule has 1 heterocycles. The molecule has 4 aromatic carbocycles. The van der Waals surface area contributed by atoms with E-state index in [0.717, 1.165) is 27.7 Å². The smallest absolute Gasteiger partial charge is 0.157 e. The fourth-order valence-electron chi connectivity index (χ4n) is 3.89. The van der Waals surface area contributed by atoms with Crippen LogP contribution in [0.5, 0.6) is 0 Å². The zero-order chi connectivity index (χ0) is 18.8. The lowest BCUT2D eigenvalue weighted by Gasteiger charge is -2.34. The van der Waals surface area contributed by atoms with Crippen molar-refractivity contribution in [3.63, 3.8) is 0 Å². The molecule has 0 spiro atoms. The van der Waals surface area contributed by atoms with Crippen molar-refractivity contribution in [2.75, 3.05) is 0 Å². The number of hydrogen-bond acceptors (Lipinski definition) is 2. The van der Waals surface area contributed by atoms with Gasteiger partial charge in [0.2, 0.25) is 0 Å². The zero-order valence-corrected chi connectivity index (χ0v) is 15.3. The molecule has 0 N–H and O–H groups in total. The van der Waals surface area contributed by atoms with E-state index >= 15 is 0 Å². The van der Waals surface area contributed by atoms with Gasteiger partial charge in [0.05, 0.1) is 0 Å². The Morgan fingerprint density at radius 1 is 0.429 bits per heavy atom. The predicted octanol–water partition coefficient (Wildman–Crippen LogP) is 5.27. The van der Waals surface area contributed by atoms with Gasteiger partial charge in [-0.1, -0.05) is 103 Å². The van der Waals surface area contributed by atoms with Crippen molar-refractivity contribution >= 4 is 11.0 Å². The van der Waals surface area contributed by atoms with Crippen LogP contribution in [0, 0.1) is 0 Å². The number of nitrogens with zero attached hydrogens (tertiary/aromatic N) is 3. The number of hydrogen-bond donors (Lipinski definition) is 0. The van der Waals surface area contributed by atoms with Crippen molar-refractivity contribution in [3.05, 3.63) is 132 Å². The summed E-state index contributed by atoms with van der Waals surface area (Å²) in [5, 5.41) is 9.84. The molecule has 0 saturated heterocycles. The summed E-state index contributed by atoms with van der Waals surface area (Å²) < 4.78 is 0. The first kappa shape index (κ1) is 16.5. The highest BCUT2D eigenvalue weighted by Crippen LogP contribution is 2.40. The summed E-state index contributed by atoms with van der Waals surface area (Å²) in [5.74, 6) is 0. The van der Waals surface area contributed by atoms with Gasteiger partial charge in [-0.15, -0.1) is 0 Å². The minimum Gasteiger partial charge on any atom is -0.164 e. The molecular weight excluding hydrogens is 342 g/mol. The first-order valence-corrected chi connectivity index (χ1v) is 9.38. The van der Waals surface area contributed by atoms with Crippen molar-refractivity contribution in [2.45, 2.75) is 5.54 Å². The molecule has 134 valence electrons. The molecule has 0 aliphatic heterocycles. The summed E-state index contributed by atoms with van der Waals surface area (Å²) in [4.78, 5) is 1.87. The second kappa shape index (κ2) is 6.78. The van der Waals surface area contributed by atoms with Gasteiger partial charge in [0.1, 0.15) is 11.0 Å². The van der Waals surface area contributed by atoms with Gasteiger partial charge >= 0.3 is 0 Å². The van der Waals surface area contributed by atoms with Crippen molar-refractivity contribution in [1.29, 1.82) is 0 Å². The average Bonchev–Trinajstić information content (AvgIpc) is 3.21. The summed E-state index contributed by atoms with van der Waals surface area (Å²) in [6.45, 7) is 0. The van der Waals surface area contributed by atoms with E-state index < -0.39 is 5.54 Å². The summed E-state index contributed by atoms with van der Waals surface area (Å²) in [7, 11) is 0. The Labute approximate surface area is 163 Å². The van der Waals surface area contributed by atoms with Crippen molar-refractivity contribution in [2.24, 2.45) is 0 Å². The molecule has 0 amide bonds. The molecule has 0 unspecified atom stereocenters. The Bertz CT molecular complexity index is 1070. The monoisotopic (exact) mass is 361 g/mol. The van der Waals surface area contributed by atoms with Gasteiger partial charge in [0.15, 0.2) is 5.54 Å². The van der Waals surface area contributed by atoms with E-state index in [9.17, 15) is 0 Å². The molecule has 3 heteroatoms. The van der Waals surface area contributed by atoms with E-state index in [2.05, 4.69) is 72.8 Å². The van der Waals surface area contributed by atoms with Gasteiger partial charge in [0.25, 0.3) is 0 Å². The minimum absolute atomic E-state index is 0.664. The third kappa shape index (κ3) is 2.52. The lowest BCUT2D eigenvalue weighted by Crippen LogP contribution is -2.39. The highest BCUT2D eigenvalue weighted by Gasteiger charge is 2.40. The summed E-state index contributed by atoms with van der Waals surface area (Å²) in [6.07, 6.45) is 0. The molecule has 0 saturated carbocycles. The van der Waals surface area contributed by atoms with Crippen molar-refractivity contribution < 1.29 is 0 Å². The Morgan fingerprint density at radius 2 is 0.750 bits per heavy atom. The van der Waals surface area contributed by atoms with Crippen LogP contribution in [-0.4, -0.2) is 15.0 Å². The van der Waals surface area contributed by atoms with Gasteiger partial charge in [-0.3, -0.25) is 0 Å². The van der Waals surface area contributed by atoms with Gasteiger partial charge < -0.3 is 0 Å². The van der Waals surface area contributed by atoms with Crippen LogP contribution < -0.4 is 0 Å². The maximum absolute atomic E-state index is 4.92. The maximum atomic E-state index is 4.92. The predicted molar refractivity (Wildman–Crippen MR) is 112 cm³/mol. The molecule has 0 aliphatic carbocycles. The largest absolute Gasteiger partial charge is 0.164 e. The molecular formula is C25H19N3. The lowest BCUT2D eigenvalue weighted by molar-refractivity contribution is 0.409. The van der Waals surface area contributed by atoms with Crippen LogP contribution in [-0.2, 0) is 5.54 Å². The van der Waals surface area contributed by atoms with Gasteiger partial charge in [-0.05, 0) is 28.8 Å². The van der Waals surface area contributed by atoms with Crippen molar-refractivity contribution in [1.82, 2.24) is 15.0 Å². The Balaban J connectivity index is 1.92. The fourth-order valence-corrected chi connectivity index (χ4v) is 3.89. The second-order valence-electron chi connectivity index (χ2n) is 6.79. The van der Waals surface area contributed by atoms with Crippen LogP contribution in [0.15, 0.2) is 115 Å². The number of benzene rings is 4. The van der Waals surface area contributed by atoms with Crippen LogP contribution in [0.3, 0.4) is 0 Å². The zero-order valence-electron chi connectivity index (χ0n) is 15.3. The molecule has 0 radical (unpaired) electrons. The molecule has 0 fully saturated rings. The summed E-state index contributed by atoms with van der Waals surface area (Å²) >= 11 is 0. The van der Waals surface area contributed by atoms with E-state index in [4.69, 9.17) is 10.2 Å². The van der Waals surface area contributed by atoms with Crippen LogP contribution in [0.1, 0.15) is 16.7 Å². The highest BCUT2D eigenvalue weighted by molar-refractivity contribution is 5.73. The van der Waals surface area contributed by atoms with E-state index in [-0.39, 0.29) is 0 Å². The molecule has 0 atom stereocenters. The third-order valence-corrected chi connectivity index (χ3v) is 5.16. The number of fused-ring (bicyclic) bond motifs is 1. The maximum Gasteiger partial charge on any atom is 0.157 e.